The maximum atomic E-state index is 14.2. The van der Waals surface area contributed by atoms with Crippen LogP contribution in [0.3, 0.4) is 0 Å². The average molecular weight is 1920 g/mol. The lowest BCUT2D eigenvalue weighted by atomic mass is 9.94. The quantitative estimate of drug-likeness (QED) is 0.0196. The van der Waals surface area contributed by atoms with Crippen LogP contribution in [0.1, 0.15) is 31.8 Å². The topological polar surface area (TPSA) is 760 Å². The van der Waals surface area contributed by atoms with Gasteiger partial charge in [0.2, 0.25) is 11.6 Å². The zero-order valence-electron chi connectivity index (χ0n) is 61.5. The van der Waals surface area contributed by atoms with Crippen LogP contribution in [-0.2, 0) is 101 Å². The predicted molar refractivity (Wildman–Crippen MR) is 437 cm³/mol. The van der Waals surface area contributed by atoms with Crippen molar-refractivity contribution in [3.63, 3.8) is 0 Å². The molecule has 16 N–H and O–H groups in total. The maximum Gasteiger partial charge on any atom is 0.444 e. The first kappa shape index (κ1) is 89.0. The van der Waals surface area contributed by atoms with Crippen LogP contribution in [0.2, 0.25) is 0 Å². The number of benzene rings is 8. The fourth-order valence-electron chi connectivity index (χ4n) is 12.7. The molecular formula is C68H48N16O32S10+2. The summed E-state index contributed by atoms with van der Waals surface area (Å²) in [5, 5.41) is 16.4. The summed E-state index contributed by atoms with van der Waals surface area (Å²) in [5.41, 5.74) is -2.87. The van der Waals surface area contributed by atoms with E-state index in [1.165, 1.54) is 24.5 Å². The second kappa shape index (κ2) is 32.0. The van der Waals surface area contributed by atoms with Crippen molar-refractivity contribution < 1.29 is 148 Å². The van der Waals surface area contributed by atoms with E-state index >= 15 is 0 Å². The van der Waals surface area contributed by atoms with E-state index < -0.39 is 253 Å². The number of fused-ring (bicyclic) bond motifs is 4. The number of Topliss-reactive ketones (excluding diaryl/α,β-unsaturated/α-hetero) is 2. The number of pyridine rings is 2. The lowest BCUT2D eigenvalue weighted by molar-refractivity contribution is -0.606. The summed E-state index contributed by atoms with van der Waals surface area (Å²) in [6.07, 6.45) is 5.45. The summed E-state index contributed by atoms with van der Waals surface area (Å²) in [6, 6.07) is 25.7. The van der Waals surface area contributed by atoms with Gasteiger partial charge in [0.05, 0.1) is 36.2 Å². The van der Waals surface area contributed by atoms with E-state index in [9.17, 15) is 139 Å². The van der Waals surface area contributed by atoms with E-state index in [0.29, 0.717) is 12.1 Å². The third-order valence-corrected chi connectivity index (χ3v) is 26.8. The number of aromatic nitrogens is 8. The van der Waals surface area contributed by atoms with Crippen LogP contribution in [0.15, 0.2) is 242 Å². The third-order valence-electron chi connectivity index (χ3n) is 17.9. The number of hydrogen-bond acceptors (Lipinski definition) is 36. The number of anilines is 10. The first-order valence-corrected chi connectivity index (χ1v) is 48.2. The average Bonchev–Trinajstić information content (AvgIpc) is 0.760. The normalized spacial score (nSPS) is 14.4. The van der Waals surface area contributed by atoms with Crippen molar-refractivity contribution in [1.82, 2.24) is 29.9 Å². The molecule has 58 heteroatoms. The molecule has 12 aromatic rings. The molecule has 48 nitrogen and oxygen atoms in total. The van der Waals surface area contributed by atoms with Gasteiger partial charge in [-0.1, -0.05) is 48.5 Å². The minimum absolute atomic E-state index is 0.136. The van der Waals surface area contributed by atoms with Crippen LogP contribution in [0.4, 0.5) is 57.9 Å². The van der Waals surface area contributed by atoms with Crippen LogP contribution in [0, 0.1) is 0 Å². The molecule has 0 unspecified atom stereocenters. The van der Waals surface area contributed by atoms with Gasteiger partial charge in [-0.25, -0.2) is 9.13 Å². The van der Waals surface area contributed by atoms with Gasteiger partial charge in [0, 0.05) is 66.5 Å². The van der Waals surface area contributed by atoms with Crippen molar-refractivity contribution in [2.24, 2.45) is 10.2 Å². The summed E-state index contributed by atoms with van der Waals surface area (Å²) in [7, 11) is -52.7. The molecule has 2 aliphatic carbocycles. The molecule has 0 radical (unpaired) electrons. The Balaban J connectivity index is 0.777. The van der Waals surface area contributed by atoms with E-state index in [2.05, 4.69) is 72.2 Å². The molecule has 2 aliphatic rings. The van der Waals surface area contributed by atoms with Gasteiger partial charge in [0.1, 0.15) is 49.0 Å². The number of nitrogens with zero attached hydrogens (tertiary/aromatic N) is 10. The first-order valence-electron chi connectivity index (χ1n) is 33.8. The Morgan fingerprint density at radius 1 is 0.294 bits per heavy atom. The van der Waals surface area contributed by atoms with Crippen LogP contribution in [0.5, 0.6) is 0 Å². The SMILES string of the molecule is O=C1/C(=N\Nc2ccc3c(S(=O)(=O)O)cccc3c2S(=O)(=O)O)C(S(=O)(=O)O)=Cc2cc(Nc3nc(Nc4ccc(-c5ccc(Nc6nc(Nc7ccc8c(c7)C=C(S(=O)(=O)O)/C(=N/Nc7ccc9c(S(=O)(=O)O)cccc9c7S(=O)(=O)O)C8=O)nc(-[n+]7cccc(S(=O)(=O)O)c7)n6)cc5S(=O)(=O)O)c(S(=O)(=O)O)c4)nc(-[n+]4cccc(S(=O)(=O)O)c4)n3)ccc21. The number of nitrogens with one attached hydrogen (secondary N) is 6. The lowest BCUT2D eigenvalue weighted by Gasteiger charge is -2.18. The van der Waals surface area contributed by atoms with E-state index in [-0.39, 0.29) is 45.0 Å². The standard InChI is InChI=1S/C68H46N16O32S10/c85-59-41-15-11-35(25-33(41)27-55(123(105,106)107)57(59)81-79-49-21-19-45-47(61(49)125(111,112)113)7-1-9-51(45)119(93,94)95)69-63-73-65(77-67(75-63)83-23-3-5-39(31-83)117(87,88)89)71-37-13-17-43(53(29-37)121(99,100)101)44-18-14-38(30-54(44)122(102,103)104)72-66-74-64(76-68(78-66)84-24-4-6-40(32-84)118(90,91)92)70-36-12-16-42-34(26-36)28-56(124(108,109)110)58(60(42)86)82-80-50-22-20-46-48(62(50)126(114,115)116)8-2-10-52(46)120(96,97)98/h1-32H,(H14-2,69,70,71,72,73,74,75,76,77,78,79,80,81,82,85,86,87,88,89,90,91,92,93,94,95,96,97,98,99,100,101,102,103,104,105,106,107,108,109,110,111,112,113,114,115,116)/p+2. The van der Waals surface area contributed by atoms with Crippen molar-refractivity contribution in [2.75, 3.05) is 32.1 Å². The van der Waals surface area contributed by atoms with Crippen molar-refractivity contribution in [2.45, 2.75) is 39.2 Å². The van der Waals surface area contributed by atoms with Gasteiger partial charge in [-0.15, -0.1) is 9.97 Å². The minimum Gasteiger partial charge on any atom is -0.310 e. The monoisotopic (exact) mass is 1920 g/mol. The molecule has 0 saturated carbocycles. The summed E-state index contributed by atoms with van der Waals surface area (Å²) < 4.78 is 360. The number of carbonyl (C=O) groups is 2. The molecule has 0 aliphatic heterocycles. The highest BCUT2D eigenvalue weighted by atomic mass is 32.3. The number of hydrazone groups is 2. The molecule has 14 rings (SSSR count). The fraction of sp³-hybridized carbons (Fsp3) is 0. The van der Waals surface area contributed by atoms with Crippen molar-refractivity contribution in [3.8, 4) is 23.0 Å². The number of hydrogen-bond donors (Lipinski definition) is 16. The Labute approximate surface area is 708 Å². The molecule has 650 valence electrons. The smallest absolute Gasteiger partial charge is 0.310 e. The zero-order valence-corrected chi connectivity index (χ0v) is 69.6. The Bertz CT molecular complexity index is 7800. The Kier molecular flexibility index (Phi) is 22.6. The van der Waals surface area contributed by atoms with Crippen LogP contribution >= 0.6 is 0 Å². The second-order valence-corrected chi connectivity index (χ2v) is 40.0. The first-order chi connectivity index (χ1) is 58.5. The number of rotatable bonds is 25. The molecule has 0 atom stereocenters. The molecule has 0 fully saturated rings. The third kappa shape index (κ3) is 18.7. The molecule has 4 aromatic heterocycles. The molecule has 0 saturated heterocycles. The molecule has 126 heavy (non-hydrogen) atoms. The highest BCUT2D eigenvalue weighted by Crippen LogP contribution is 2.41. The predicted octanol–water partition coefficient (Wildman–Crippen LogP) is 5.32. The summed E-state index contributed by atoms with van der Waals surface area (Å²) in [4.78, 5) is 44.2. The van der Waals surface area contributed by atoms with E-state index in [1.54, 1.807) is 0 Å². The van der Waals surface area contributed by atoms with Gasteiger partial charge in [-0.05, 0) is 152 Å². The summed E-state index contributed by atoms with van der Waals surface area (Å²) >= 11 is 0. The summed E-state index contributed by atoms with van der Waals surface area (Å²) in [5.74, 6) is -5.86. The van der Waals surface area contributed by atoms with Gasteiger partial charge >= 0.3 is 35.7 Å². The van der Waals surface area contributed by atoms with Crippen LogP contribution in [-0.4, -0.2) is 183 Å². The molecule has 8 aromatic carbocycles. The van der Waals surface area contributed by atoms with Gasteiger partial charge in [-0.2, -0.15) is 94.4 Å². The molecule has 4 heterocycles. The fourth-order valence-corrected chi connectivity index (χ4v) is 19.6. The van der Waals surface area contributed by atoms with Gasteiger partial charge < -0.3 is 21.3 Å². The number of carbonyl (C=O) groups excluding carboxylic acids is 2. The van der Waals surface area contributed by atoms with E-state index in [4.69, 9.17) is 0 Å². The molecule has 0 spiro atoms. The maximum absolute atomic E-state index is 14.2. The zero-order chi connectivity index (χ0) is 91.5. The Hall–Kier alpha value is -13.3. The Morgan fingerprint density at radius 2 is 0.611 bits per heavy atom. The molecular weight excluding hydrogens is 1870 g/mol. The van der Waals surface area contributed by atoms with Crippen molar-refractivity contribution in [1.29, 1.82) is 0 Å². The minimum atomic E-state index is -5.55. The molecule has 0 amide bonds. The molecule has 0 bridgehead atoms. The summed E-state index contributed by atoms with van der Waals surface area (Å²) in [6.45, 7) is 0. The highest BCUT2D eigenvalue weighted by Gasteiger charge is 2.38. The largest absolute Gasteiger partial charge is 0.444 e. The van der Waals surface area contributed by atoms with Crippen LogP contribution in [0.25, 0.3) is 56.7 Å². The lowest BCUT2D eigenvalue weighted by Crippen LogP contribution is -2.34. The van der Waals surface area contributed by atoms with Crippen molar-refractivity contribution >= 4 is 216 Å². The number of ketones is 2. The van der Waals surface area contributed by atoms with Gasteiger partial charge in [0.15, 0.2) is 11.4 Å². The number of allylic oxidation sites excluding steroid dienone is 2. The van der Waals surface area contributed by atoms with Gasteiger partial charge in [-0.3, -0.25) is 66.0 Å². The van der Waals surface area contributed by atoms with Gasteiger partial charge in [0.25, 0.3) is 101 Å². The van der Waals surface area contributed by atoms with E-state index in [1.807, 2.05) is 0 Å². The van der Waals surface area contributed by atoms with E-state index in [0.717, 1.165) is 167 Å². The highest BCUT2D eigenvalue weighted by molar-refractivity contribution is 7.92. The van der Waals surface area contributed by atoms with Crippen molar-refractivity contribution in [3.05, 3.63) is 215 Å². The van der Waals surface area contributed by atoms with Crippen LogP contribution < -0.4 is 41.3 Å². The second-order valence-electron chi connectivity index (χ2n) is 26.1. The Morgan fingerprint density at radius 3 is 0.913 bits per heavy atom.